The number of unbranched alkanes of at least 4 members (excludes halogenated alkanes) is 13. The molecule has 0 aliphatic heterocycles. The quantitative estimate of drug-likeness (QED) is 0.325. The van der Waals surface area contributed by atoms with Gasteiger partial charge in [0, 0.05) is 6.61 Å². The van der Waals surface area contributed by atoms with E-state index < -0.39 is 11.9 Å². The van der Waals surface area contributed by atoms with Crippen molar-refractivity contribution in [2.24, 2.45) is 5.92 Å². The van der Waals surface area contributed by atoms with Gasteiger partial charge in [-0.3, -0.25) is 4.79 Å². The molecule has 0 amide bonds. The van der Waals surface area contributed by atoms with Crippen LogP contribution in [-0.2, 0) is 9.53 Å². The molecule has 1 unspecified atom stereocenters. The standard InChI is InChI=1S/C20H37NO3/c1-2-3-4-5-6-7-8-9-10-11-12-13-14-15-16-24-18-19(17-21)20(22)23/h19H,2-16,18H2,1H3,(H,22,23). The van der Waals surface area contributed by atoms with Gasteiger partial charge in [0.05, 0.1) is 12.7 Å². The molecule has 0 aliphatic carbocycles. The van der Waals surface area contributed by atoms with E-state index in [1.165, 1.54) is 77.0 Å². The van der Waals surface area contributed by atoms with Crippen molar-refractivity contribution in [3.8, 4) is 6.07 Å². The molecule has 0 fully saturated rings. The van der Waals surface area contributed by atoms with E-state index in [0.29, 0.717) is 6.61 Å². The molecule has 0 heterocycles. The van der Waals surface area contributed by atoms with Gasteiger partial charge in [0.1, 0.15) is 0 Å². The Kier molecular flexibility index (Phi) is 17.4. The number of hydrogen-bond donors (Lipinski definition) is 1. The predicted octanol–water partition coefficient (Wildman–Crippen LogP) is 5.71. The van der Waals surface area contributed by atoms with Crippen LogP contribution >= 0.6 is 0 Å². The molecule has 0 aromatic heterocycles. The summed E-state index contributed by atoms with van der Waals surface area (Å²) in [6.45, 7) is 2.82. The van der Waals surface area contributed by atoms with E-state index in [1.54, 1.807) is 6.07 Å². The van der Waals surface area contributed by atoms with Crippen LogP contribution in [0.5, 0.6) is 0 Å². The number of rotatable bonds is 18. The summed E-state index contributed by atoms with van der Waals surface area (Å²) in [6.07, 6.45) is 18.4. The van der Waals surface area contributed by atoms with Gasteiger partial charge in [-0.1, -0.05) is 90.4 Å². The fourth-order valence-corrected chi connectivity index (χ4v) is 2.76. The Labute approximate surface area is 148 Å². The van der Waals surface area contributed by atoms with E-state index in [-0.39, 0.29) is 6.61 Å². The summed E-state index contributed by atoms with van der Waals surface area (Å²) in [7, 11) is 0. The molecule has 0 bridgehead atoms. The number of carboxylic acid groups (broad SMARTS) is 1. The van der Waals surface area contributed by atoms with Crippen LogP contribution in [0.2, 0.25) is 0 Å². The molecule has 140 valence electrons. The number of nitrogens with zero attached hydrogens (tertiary/aromatic N) is 1. The van der Waals surface area contributed by atoms with Crippen LogP contribution in [0.3, 0.4) is 0 Å². The highest BCUT2D eigenvalue weighted by Gasteiger charge is 2.15. The van der Waals surface area contributed by atoms with Crippen LogP contribution in [0.15, 0.2) is 0 Å². The summed E-state index contributed by atoms with van der Waals surface area (Å²) in [5.41, 5.74) is 0. The number of carboxylic acids is 1. The Bertz CT molecular complexity index is 325. The molecule has 4 nitrogen and oxygen atoms in total. The zero-order valence-electron chi connectivity index (χ0n) is 15.6. The molecule has 0 rings (SSSR count). The van der Waals surface area contributed by atoms with E-state index in [9.17, 15) is 4.79 Å². The van der Waals surface area contributed by atoms with Gasteiger partial charge in [-0.05, 0) is 6.42 Å². The van der Waals surface area contributed by atoms with Crippen LogP contribution in [0, 0.1) is 17.2 Å². The van der Waals surface area contributed by atoms with Crippen molar-refractivity contribution in [3.05, 3.63) is 0 Å². The van der Waals surface area contributed by atoms with Gasteiger partial charge in [-0.2, -0.15) is 5.26 Å². The SMILES string of the molecule is CCCCCCCCCCCCCCCCOCC(C#N)C(=O)O. The fraction of sp³-hybridized carbons (Fsp3) is 0.900. The average Bonchev–Trinajstić information content (AvgIpc) is 2.57. The van der Waals surface area contributed by atoms with Gasteiger partial charge in [-0.15, -0.1) is 0 Å². The predicted molar refractivity (Wildman–Crippen MR) is 97.9 cm³/mol. The number of nitriles is 1. The van der Waals surface area contributed by atoms with Gasteiger partial charge in [0.15, 0.2) is 5.92 Å². The maximum atomic E-state index is 10.6. The maximum absolute atomic E-state index is 10.6. The highest BCUT2D eigenvalue weighted by molar-refractivity contribution is 5.72. The molecule has 0 aromatic carbocycles. The minimum absolute atomic E-state index is 0.00424. The first-order valence-electron chi connectivity index (χ1n) is 9.92. The van der Waals surface area contributed by atoms with Crippen LogP contribution < -0.4 is 0 Å². The molecule has 0 spiro atoms. The van der Waals surface area contributed by atoms with Crippen molar-refractivity contribution < 1.29 is 14.6 Å². The van der Waals surface area contributed by atoms with E-state index in [4.69, 9.17) is 15.1 Å². The third-order valence-electron chi connectivity index (χ3n) is 4.38. The highest BCUT2D eigenvalue weighted by atomic mass is 16.5. The summed E-state index contributed by atoms with van der Waals surface area (Å²) >= 11 is 0. The first kappa shape index (κ1) is 22.9. The van der Waals surface area contributed by atoms with Crippen molar-refractivity contribution in [2.45, 2.75) is 96.8 Å². The summed E-state index contributed by atoms with van der Waals surface area (Å²) in [5.74, 6) is -2.13. The van der Waals surface area contributed by atoms with E-state index in [0.717, 1.165) is 12.8 Å². The molecular formula is C20H37NO3. The smallest absolute Gasteiger partial charge is 0.323 e. The average molecular weight is 340 g/mol. The van der Waals surface area contributed by atoms with Crippen molar-refractivity contribution >= 4 is 5.97 Å². The fourth-order valence-electron chi connectivity index (χ4n) is 2.76. The third kappa shape index (κ3) is 15.8. The minimum atomic E-state index is -1.10. The summed E-state index contributed by atoms with van der Waals surface area (Å²) in [5, 5.41) is 17.3. The monoisotopic (exact) mass is 339 g/mol. The summed E-state index contributed by atoms with van der Waals surface area (Å²) in [4.78, 5) is 10.6. The largest absolute Gasteiger partial charge is 0.480 e. The number of hydrogen-bond acceptors (Lipinski definition) is 3. The van der Waals surface area contributed by atoms with E-state index >= 15 is 0 Å². The molecule has 24 heavy (non-hydrogen) atoms. The first-order valence-corrected chi connectivity index (χ1v) is 9.92. The Morgan fingerprint density at radius 3 is 1.67 bits per heavy atom. The van der Waals surface area contributed by atoms with Crippen LogP contribution in [-0.4, -0.2) is 24.3 Å². The lowest BCUT2D eigenvalue weighted by Gasteiger charge is -2.06. The van der Waals surface area contributed by atoms with Crippen molar-refractivity contribution in [2.75, 3.05) is 13.2 Å². The normalized spacial score (nSPS) is 12.0. The number of ether oxygens (including phenoxy) is 1. The first-order chi connectivity index (χ1) is 11.7. The molecule has 0 saturated carbocycles. The van der Waals surface area contributed by atoms with Gasteiger partial charge in [0.25, 0.3) is 0 Å². The minimum Gasteiger partial charge on any atom is -0.480 e. The van der Waals surface area contributed by atoms with Crippen molar-refractivity contribution in [1.82, 2.24) is 0 Å². The maximum Gasteiger partial charge on any atom is 0.323 e. The van der Waals surface area contributed by atoms with Gasteiger partial charge >= 0.3 is 5.97 Å². The van der Waals surface area contributed by atoms with Gasteiger partial charge in [-0.25, -0.2) is 0 Å². The second-order valence-electron chi connectivity index (χ2n) is 6.69. The lowest BCUT2D eigenvalue weighted by atomic mass is 10.0. The highest BCUT2D eigenvalue weighted by Crippen LogP contribution is 2.13. The van der Waals surface area contributed by atoms with Crippen molar-refractivity contribution in [3.63, 3.8) is 0 Å². The Hall–Kier alpha value is -1.08. The summed E-state index contributed by atoms with van der Waals surface area (Å²) < 4.78 is 5.25. The van der Waals surface area contributed by atoms with E-state index in [1.807, 2.05) is 0 Å². The number of carbonyl (C=O) groups is 1. The molecular weight excluding hydrogens is 302 g/mol. The second kappa shape index (κ2) is 18.3. The zero-order chi connectivity index (χ0) is 17.9. The topological polar surface area (TPSA) is 70.3 Å². The molecule has 0 radical (unpaired) electrons. The lowest BCUT2D eigenvalue weighted by Crippen LogP contribution is -2.18. The van der Waals surface area contributed by atoms with Gasteiger partial charge in [0.2, 0.25) is 0 Å². The molecule has 0 aliphatic rings. The molecule has 4 heteroatoms. The second-order valence-corrected chi connectivity index (χ2v) is 6.69. The molecule has 0 saturated heterocycles. The molecule has 1 N–H and O–H groups in total. The van der Waals surface area contributed by atoms with Crippen molar-refractivity contribution in [1.29, 1.82) is 5.26 Å². The lowest BCUT2D eigenvalue weighted by molar-refractivity contribution is -0.141. The zero-order valence-corrected chi connectivity index (χ0v) is 15.6. The van der Waals surface area contributed by atoms with Crippen LogP contribution in [0.1, 0.15) is 96.8 Å². The van der Waals surface area contributed by atoms with Gasteiger partial charge < -0.3 is 9.84 Å². The van der Waals surface area contributed by atoms with E-state index in [2.05, 4.69) is 6.92 Å². The number of aliphatic carboxylic acids is 1. The molecule has 1 atom stereocenters. The summed E-state index contributed by atoms with van der Waals surface area (Å²) in [6, 6.07) is 1.73. The van der Waals surface area contributed by atoms with Crippen LogP contribution in [0.4, 0.5) is 0 Å². The Morgan fingerprint density at radius 2 is 1.29 bits per heavy atom. The Balaban J connectivity index is 3.13. The Morgan fingerprint density at radius 1 is 0.875 bits per heavy atom. The molecule has 0 aromatic rings. The van der Waals surface area contributed by atoms with Crippen LogP contribution in [0.25, 0.3) is 0 Å². The third-order valence-corrected chi connectivity index (χ3v) is 4.38.